The summed E-state index contributed by atoms with van der Waals surface area (Å²) in [4.78, 5) is 29.7. The Morgan fingerprint density at radius 1 is 1.35 bits per heavy atom. The van der Waals surface area contributed by atoms with Gasteiger partial charge in [0, 0.05) is 23.8 Å². The predicted octanol–water partition coefficient (Wildman–Crippen LogP) is 4.40. The number of aliphatic hydroxyl groups excluding tert-OH is 1. The molecule has 0 aromatic carbocycles. The van der Waals surface area contributed by atoms with Crippen molar-refractivity contribution in [2.75, 3.05) is 0 Å². The highest BCUT2D eigenvalue weighted by Gasteiger charge is 2.54. The number of fused-ring (bicyclic) bond motifs is 2. The van der Waals surface area contributed by atoms with Crippen molar-refractivity contribution in [2.24, 2.45) is 0 Å². The molecule has 5 nitrogen and oxygen atoms in total. The Hall–Kier alpha value is -2.69. The second kappa shape index (κ2) is 6.90. The van der Waals surface area contributed by atoms with Crippen molar-refractivity contribution in [3.63, 3.8) is 0 Å². The largest absolute Gasteiger partial charge is 0.511 e. The molecule has 3 rings (SSSR count). The van der Waals surface area contributed by atoms with E-state index in [4.69, 9.17) is 4.74 Å². The van der Waals surface area contributed by atoms with Crippen LogP contribution in [0, 0.1) is 0 Å². The van der Waals surface area contributed by atoms with Crippen LogP contribution in [0.3, 0.4) is 0 Å². The third kappa shape index (κ3) is 2.87. The van der Waals surface area contributed by atoms with Gasteiger partial charge in [-0.25, -0.2) is 4.79 Å². The van der Waals surface area contributed by atoms with E-state index in [0.29, 0.717) is 23.1 Å². The molecule has 1 atom stereocenters. The van der Waals surface area contributed by atoms with Gasteiger partial charge in [0.2, 0.25) is 5.78 Å². The maximum Gasteiger partial charge on any atom is 0.343 e. The van der Waals surface area contributed by atoms with Crippen LogP contribution in [-0.4, -0.2) is 27.4 Å². The fourth-order valence-electron chi connectivity index (χ4n) is 3.43. The SMILES string of the molecule is C/C=C/c1cc2c(cn1)C(=O)C1(C)OC(=O)/C(=C(/O)CCCCC)C1=C2. The Morgan fingerprint density at radius 2 is 2.12 bits per heavy atom. The van der Waals surface area contributed by atoms with E-state index in [1.54, 1.807) is 19.1 Å². The predicted molar refractivity (Wildman–Crippen MR) is 99.5 cm³/mol. The fourth-order valence-corrected chi connectivity index (χ4v) is 3.43. The third-order valence-corrected chi connectivity index (χ3v) is 4.86. The zero-order chi connectivity index (χ0) is 18.9. The molecule has 1 fully saturated rings. The quantitative estimate of drug-likeness (QED) is 0.367. The molecule has 1 unspecified atom stereocenters. The second-order valence-corrected chi connectivity index (χ2v) is 6.79. The number of allylic oxidation sites excluding steroid dienone is 2. The van der Waals surface area contributed by atoms with Crippen LogP contribution in [0.4, 0.5) is 0 Å². The van der Waals surface area contributed by atoms with Gasteiger partial charge in [0.15, 0.2) is 5.60 Å². The Kier molecular flexibility index (Phi) is 4.81. The van der Waals surface area contributed by atoms with Crippen molar-refractivity contribution in [2.45, 2.75) is 52.1 Å². The number of hydrogen-bond donors (Lipinski definition) is 1. The maximum atomic E-state index is 13.0. The minimum absolute atomic E-state index is 0.00240. The van der Waals surface area contributed by atoms with E-state index in [9.17, 15) is 14.7 Å². The first-order valence-electron chi connectivity index (χ1n) is 8.98. The summed E-state index contributed by atoms with van der Waals surface area (Å²) in [5.74, 6) is -0.956. The Morgan fingerprint density at radius 3 is 2.81 bits per heavy atom. The molecule has 0 radical (unpaired) electrons. The highest BCUT2D eigenvalue weighted by molar-refractivity contribution is 6.17. The minimum Gasteiger partial charge on any atom is -0.511 e. The molecular weight excluding hydrogens is 330 g/mol. The van der Waals surface area contributed by atoms with Gasteiger partial charge < -0.3 is 9.84 Å². The van der Waals surface area contributed by atoms with Crippen molar-refractivity contribution >= 4 is 23.9 Å². The summed E-state index contributed by atoms with van der Waals surface area (Å²) < 4.78 is 5.42. The number of unbranched alkanes of at least 4 members (excludes halogenated alkanes) is 2. The van der Waals surface area contributed by atoms with Crippen LogP contribution in [0.1, 0.15) is 68.1 Å². The number of ketones is 1. The molecule has 1 aliphatic carbocycles. The number of carbonyl (C=O) groups is 2. The Labute approximate surface area is 153 Å². The molecule has 2 aliphatic rings. The summed E-state index contributed by atoms with van der Waals surface area (Å²) in [6.45, 7) is 5.54. The average molecular weight is 353 g/mol. The molecule has 5 heteroatoms. The zero-order valence-electron chi connectivity index (χ0n) is 15.3. The van der Waals surface area contributed by atoms with Crippen molar-refractivity contribution in [3.8, 4) is 0 Å². The first-order chi connectivity index (χ1) is 12.4. The molecular formula is C21H23NO4. The minimum atomic E-state index is -1.40. The molecule has 0 bridgehead atoms. The number of rotatable bonds is 5. The zero-order valence-corrected chi connectivity index (χ0v) is 15.3. The average Bonchev–Trinajstić information content (AvgIpc) is 2.86. The van der Waals surface area contributed by atoms with Gasteiger partial charge in [0.1, 0.15) is 11.3 Å². The molecule has 0 amide bonds. The normalized spacial score (nSPS) is 23.6. The van der Waals surface area contributed by atoms with Crippen LogP contribution in [0.15, 0.2) is 35.2 Å². The molecule has 136 valence electrons. The highest BCUT2D eigenvalue weighted by Crippen LogP contribution is 2.45. The molecule has 1 saturated heterocycles. The van der Waals surface area contributed by atoms with Crippen LogP contribution < -0.4 is 0 Å². The monoisotopic (exact) mass is 353 g/mol. The van der Waals surface area contributed by atoms with Crippen LogP contribution in [-0.2, 0) is 9.53 Å². The number of aliphatic hydroxyl groups is 1. The number of Topliss-reactive ketones (excluding diaryl/α,β-unsaturated/α-hetero) is 1. The van der Waals surface area contributed by atoms with E-state index in [-0.39, 0.29) is 17.1 Å². The Bertz CT molecular complexity index is 863. The number of ether oxygens (including phenoxy) is 1. The molecule has 1 aromatic rings. The van der Waals surface area contributed by atoms with Gasteiger partial charge in [-0.15, -0.1) is 0 Å². The van der Waals surface area contributed by atoms with Crippen molar-refractivity contribution in [1.29, 1.82) is 0 Å². The van der Waals surface area contributed by atoms with Gasteiger partial charge in [-0.1, -0.05) is 25.8 Å². The molecule has 0 saturated carbocycles. The number of carbonyl (C=O) groups excluding carboxylic acids is 2. The number of esters is 1. The maximum absolute atomic E-state index is 13.0. The third-order valence-electron chi connectivity index (χ3n) is 4.86. The molecule has 1 aromatic heterocycles. The molecule has 1 aliphatic heterocycles. The van der Waals surface area contributed by atoms with Crippen LogP contribution >= 0.6 is 0 Å². The van der Waals surface area contributed by atoms with Gasteiger partial charge in [0.25, 0.3) is 0 Å². The van der Waals surface area contributed by atoms with E-state index in [1.807, 2.05) is 19.1 Å². The number of aromatic nitrogens is 1. The lowest BCUT2D eigenvalue weighted by atomic mass is 9.78. The van der Waals surface area contributed by atoms with E-state index in [1.165, 1.54) is 6.20 Å². The second-order valence-electron chi connectivity index (χ2n) is 6.79. The lowest BCUT2D eigenvalue weighted by Gasteiger charge is -2.27. The van der Waals surface area contributed by atoms with Crippen LogP contribution in [0.25, 0.3) is 12.2 Å². The molecule has 1 N–H and O–H groups in total. The number of pyridine rings is 1. The van der Waals surface area contributed by atoms with Crippen LogP contribution in [0.5, 0.6) is 0 Å². The Balaban J connectivity index is 2.11. The van der Waals surface area contributed by atoms with Gasteiger partial charge >= 0.3 is 5.97 Å². The van der Waals surface area contributed by atoms with Crippen LogP contribution in [0.2, 0.25) is 0 Å². The lowest BCUT2D eigenvalue weighted by molar-refractivity contribution is -0.141. The van der Waals surface area contributed by atoms with Crippen molar-refractivity contribution in [1.82, 2.24) is 4.98 Å². The fraction of sp³-hybridized carbons (Fsp3) is 0.381. The van der Waals surface area contributed by atoms with Gasteiger partial charge in [0.05, 0.1) is 5.69 Å². The summed E-state index contributed by atoms with van der Waals surface area (Å²) in [5.41, 5.74) is 0.995. The van der Waals surface area contributed by atoms with Gasteiger partial charge in [-0.3, -0.25) is 9.78 Å². The summed E-state index contributed by atoms with van der Waals surface area (Å²) in [5, 5.41) is 10.5. The van der Waals surface area contributed by atoms with Gasteiger partial charge in [-0.05, 0) is 44.1 Å². The number of hydrogen-bond acceptors (Lipinski definition) is 5. The topological polar surface area (TPSA) is 76.5 Å². The first-order valence-corrected chi connectivity index (χ1v) is 8.98. The van der Waals surface area contributed by atoms with E-state index in [2.05, 4.69) is 11.9 Å². The standard InChI is InChI=1S/C21H23NO4/c1-4-6-7-9-17(23)18-16-11-13-10-14(8-5-2)22-12-15(13)19(24)21(16,3)26-20(18)25/h5,8,10-12,23H,4,6-7,9H2,1-3H3/b8-5+,18-17+. The molecule has 0 spiro atoms. The summed E-state index contributed by atoms with van der Waals surface area (Å²) in [7, 11) is 0. The van der Waals surface area contributed by atoms with E-state index >= 15 is 0 Å². The lowest BCUT2D eigenvalue weighted by Crippen LogP contribution is -2.39. The molecule has 2 heterocycles. The number of nitrogens with zero attached hydrogens (tertiary/aromatic N) is 1. The first kappa shape index (κ1) is 18.1. The van der Waals surface area contributed by atoms with Crippen molar-refractivity contribution < 1.29 is 19.4 Å². The summed E-state index contributed by atoms with van der Waals surface area (Å²) in [6, 6.07) is 1.80. The smallest absolute Gasteiger partial charge is 0.343 e. The van der Waals surface area contributed by atoms with Gasteiger partial charge in [-0.2, -0.15) is 0 Å². The van der Waals surface area contributed by atoms with E-state index < -0.39 is 11.6 Å². The molecule has 26 heavy (non-hydrogen) atoms. The van der Waals surface area contributed by atoms with Crippen molar-refractivity contribution in [3.05, 3.63) is 52.1 Å². The summed E-state index contributed by atoms with van der Waals surface area (Å²) in [6.07, 6.45) is 10.1. The van der Waals surface area contributed by atoms with E-state index in [0.717, 1.165) is 25.0 Å². The summed E-state index contributed by atoms with van der Waals surface area (Å²) >= 11 is 0. The highest BCUT2D eigenvalue weighted by atomic mass is 16.6.